The van der Waals surface area contributed by atoms with Gasteiger partial charge in [-0.2, -0.15) is 0 Å². The molecule has 4 rings (SSSR count). The first-order valence-electron chi connectivity index (χ1n) is 11.0. The summed E-state index contributed by atoms with van der Waals surface area (Å²) in [6.45, 7) is 6.18. The van der Waals surface area contributed by atoms with E-state index in [1.807, 2.05) is 11.0 Å². The summed E-state index contributed by atoms with van der Waals surface area (Å²) < 4.78 is 11.1. The maximum Gasteiger partial charge on any atom is 0.322 e. The Balaban J connectivity index is 1.34. The van der Waals surface area contributed by atoms with Crippen LogP contribution in [-0.4, -0.2) is 35.8 Å². The molecule has 1 aliphatic carbocycles. The largest absolute Gasteiger partial charge is 0.493 e. The fourth-order valence-corrected chi connectivity index (χ4v) is 4.36. The topological polar surface area (TPSA) is 67.6 Å². The molecule has 1 aromatic carbocycles. The van der Waals surface area contributed by atoms with Crippen molar-refractivity contribution in [2.45, 2.75) is 46.0 Å². The van der Waals surface area contributed by atoms with Gasteiger partial charge < -0.3 is 19.5 Å². The molecule has 1 unspecified atom stereocenters. The van der Waals surface area contributed by atoms with Crippen molar-refractivity contribution in [3.63, 3.8) is 0 Å². The smallest absolute Gasteiger partial charge is 0.322 e. The number of anilines is 1. The van der Waals surface area contributed by atoms with Crippen molar-refractivity contribution in [3.8, 4) is 5.75 Å². The summed E-state index contributed by atoms with van der Waals surface area (Å²) in [4.78, 5) is 14.4. The number of nitrogens with zero attached hydrogens (tertiary/aromatic N) is 2. The molecule has 0 bridgehead atoms. The molecule has 6 nitrogen and oxygen atoms in total. The Labute approximate surface area is 178 Å². The quantitative estimate of drug-likeness (QED) is 0.707. The van der Waals surface area contributed by atoms with Gasteiger partial charge in [0.2, 0.25) is 0 Å². The van der Waals surface area contributed by atoms with Crippen LogP contribution in [0, 0.1) is 18.8 Å². The van der Waals surface area contributed by atoms with Crippen LogP contribution in [-0.2, 0) is 0 Å². The van der Waals surface area contributed by atoms with Gasteiger partial charge in [0.25, 0.3) is 0 Å². The van der Waals surface area contributed by atoms with Crippen molar-refractivity contribution in [1.29, 1.82) is 0 Å². The summed E-state index contributed by atoms with van der Waals surface area (Å²) >= 11 is 0. The number of likely N-dealkylation sites (tertiary alicyclic amines) is 1. The minimum absolute atomic E-state index is 0.102. The standard InChI is InChI=1S/C24H31N3O3/c1-17-15-27(24(28)26-23-14-25-30-18(23)2)11-10-21(17)12-20-8-5-9-22(13-20)29-16-19-6-3-4-7-19/h5,8-9,12-14,17,19H,3-4,6-7,10-11,15-16H2,1-2H3,(H,26,28). The van der Waals surface area contributed by atoms with Crippen molar-refractivity contribution in [3.05, 3.63) is 47.4 Å². The van der Waals surface area contributed by atoms with Crippen molar-refractivity contribution in [1.82, 2.24) is 10.1 Å². The van der Waals surface area contributed by atoms with E-state index in [4.69, 9.17) is 9.26 Å². The molecule has 1 saturated carbocycles. The number of amides is 2. The lowest BCUT2D eigenvalue weighted by Crippen LogP contribution is -2.42. The Morgan fingerprint density at radius 2 is 2.20 bits per heavy atom. The Kier molecular flexibility index (Phi) is 6.41. The molecule has 2 heterocycles. The number of urea groups is 1. The highest BCUT2D eigenvalue weighted by molar-refractivity contribution is 5.89. The highest BCUT2D eigenvalue weighted by atomic mass is 16.5. The number of rotatable bonds is 5. The van der Waals surface area contributed by atoms with Gasteiger partial charge in [-0.3, -0.25) is 0 Å². The number of aryl methyl sites for hydroxylation is 1. The second kappa shape index (κ2) is 9.37. The van der Waals surface area contributed by atoms with Crippen LogP contribution in [0.2, 0.25) is 0 Å². The molecule has 1 N–H and O–H groups in total. The molecule has 1 aromatic heterocycles. The van der Waals surface area contributed by atoms with E-state index in [1.54, 1.807) is 6.92 Å². The molecule has 2 amide bonds. The Bertz CT molecular complexity index is 899. The van der Waals surface area contributed by atoms with Crippen LogP contribution in [0.4, 0.5) is 10.5 Å². The molecule has 1 aliphatic heterocycles. The number of nitrogens with one attached hydrogen (secondary N) is 1. The highest BCUT2D eigenvalue weighted by Crippen LogP contribution is 2.28. The molecule has 2 aromatic rings. The summed E-state index contributed by atoms with van der Waals surface area (Å²) in [7, 11) is 0. The zero-order valence-corrected chi connectivity index (χ0v) is 17.9. The number of benzene rings is 1. The summed E-state index contributed by atoms with van der Waals surface area (Å²) in [5.41, 5.74) is 3.16. The fraction of sp³-hybridized carbons (Fsp3) is 0.500. The van der Waals surface area contributed by atoms with Crippen LogP contribution in [0.1, 0.15) is 50.4 Å². The second-order valence-electron chi connectivity index (χ2n) is 8.58. The van der Waals surface area contributed by atoms with E-state index >= 15 is 0 Å². The van der Waals surface area contributed by atoms with E-state index in [9.17, 15) is 4.79 Å². The maximum absolute atomic E-state index is 12.6. The number of carbonyl (C=O) groups is 1. The third-order valence-electron chi connectivity index (χ3n) is 6.25. The van der Waals surface area contributed by atoms with Crippen LogP contribution in [0.3, 0.4) is 0 Å². The summed E-state index contributed by atoms with van der Waals surface area (Å²) in [5.74, 6) is 2.58. The zero-order valence-electron chi connectivity index (χ0n) is 17.9. The molecular weight excluding hydrogens is 378 g/mol. The highest BCUT2D eigenvalue weighted by Gasteiger charge is 2.25. The third-order valence-corrected chi connectivity index (χ3v) is 6.25. The minimum Gasteiger partial charge on any atom is -0.493 e. The number of ether oxygens (including phenoxy) is 1. The number of hydrogen-bond acceptors (Lipinski definition) is 4. The van der Waals surface area contributed by atoms with E-state index < -0.39 is 0 Å². The van der Waals surface area contributed by atoms with E-state index in [2.05, 4.69) is 41.7 Å². The molecule has 1 saturated heterocycles. The van der Waals surface area contributed by atoms with Crippen molar-refractivity contribution in [2.75, 3.05) is 25.0 Å². The van der Waals surface area contributed by atoms with Gasteiger partial charge in [-0.25, -0.2) is 4.79 Å². The van der Waals surface area contributed by atoms with Gasteiger partial charge >= 0.3 is 6.03 Å². The van der Waals surface area contributed by atoms with Gasteiger partial charge in [0.05, 0.1) is 12.8 Å². The summed E-state index contributed by atoms with van der Waals surface area (Å²) in [6.07, 6.45) is 9.92. The molecule has 160 valence electrons. The molecule has 2 aliphatic rings. The lowest BCUT2D eigenvalue weighted by Gasteiger charge is -2.33. The average molecular weight is 410 g/mol. The van der Waals surface area contributed by atoms with Crippen LogP contribution in [0.15, 0.2) is 40.6 Å². The van der Waals surface area contributed by atoms with E-state index in [1.165, 1.54) is 43.0 Å². The Hall–Kier alpha value is -2.76. The molecule has 0 radical (unpaired) electrons. The lowest BCUT2D eigenvalue weighted by molar-refractivity contribution is 0.197. The average Bonchev–Trinajstić information content (AvgIpc) is 3.40. The maximum atomic E-state index is 12.6. The van der Waals surface area contributed by atoms with Gasteiger partial charge in [-0.05, 0) is 55.7 Å². The number of hydrogen-bond donors (Lipinski definition) is 1. The molecule has 1 atom stereocenters. The number of aromatic nitrogens is 1. The third kappa shape index (κ3) is 5.04. The SMILES string of the molecule is Cc1oncc1NC(=O)N1CCC(=Cc2cccc(OCC3CCCC3)c2)C(C)C1. The first-order valence-corrected chi connectivity index (χ1v) is 11.0. The zero-order chi connectivity index (χ0) is 20.9. The molecule has 2 fully saturated rings. The Morgan fingerprint density at radius 3 is 2.93 bits per heavy atom. The van der Waals surface area contributed by atoms with Gasteiger partial charge in [0.1, 0.15) is 11.4 Å². The van der Waals surface area contributed by atoms with Crippen molar-refractivity contribution in [2.24, 2.45) is 11.8 Å². The van der Waals surface area contributed by atoms with Crippen molar-refractivity contribution >= 4 is 17.8 Å². The second-order valence-corrected chi connectivity index (χ2v) is 8.58. The predicted octanol–water partition coefficient (Wildman–Crippen LogP) is 5.51. The van der Waals surface area contributed by atoms with Crippen LogP contribution in [0.5, 0.6) is 5.75 Å². The van der Waals surface area contributed by atoms with Crippen LogP contribution >= 0.6 is 0 Å². The lowest BCUT2D eigenvalue weighted by atomic mass is 9.91. The van der Waals surface area contributed by atoms with Crippen molar-refractivity contribution < 1.29 is 14.1 Å². The van der Waals surface area contributed by atoms with Gasteiger partial charge in [0.15, 0.2) is 5.76 Å². The molecule has 0 spiro atoms. The van der Waals surface area contributed by atoms with Crippen LogP contribution in [0.25, 0.3) is 6.08 Å². The molecule has 30 heavy (non-hydrogen) atoms. The van der Waals surface area contributed by atoms with E-state index in [0.717, 1.165) is 18.8 Å². The number of carbonyl (C=O) groups excluding carboxylic acids is 1. The van der Waals surface area contributed by atoms with E-state index in [-0.39, 0.29) is 6.03 Å². The fourth-order valence-electron chi connectivity index (χ4n) is 4.36. The van der Waals surface area contributed by atoms with Gasteiger partial charge in [-0.1, -0.05) is 48.7 Å². The predicted molar refractivity (Wildman–Crippen MR) is 117 cm³/mol. The van der Waals surface area contributed by atoms with E-state index in [0.29, 0.717) is 36.4 Å². The number of piperidine rings is 1. The van der Waals surface area contributed by atoms with Gasteiger partial charge in [0, 0.05) is 13.1 Å². The first kappa shape index (κ1) is 20.5. The van der Waals surface area contributed by atoms with Gasteiger partial charge in [-0.15, -0.1) is 0 Å². The molecular formula is C24H31N3O3. The molecule has 6 heteroatoms. The normalized spacial score (nSPS) is 21.2. The monoisotopic (exact) mass is 409 g/mol. The summed E-state index contributed by atoms with van der Waals surface area (Å²) in [6, 6.07) is 8.25. The minimum atomic E-state index is -0.102. The summed E-state index contributed by atoms with van der Waals surface area (Å²) in [5, 5.41) is 6.59. The Morgan fingerprint density at radius 1 is 1.37 bits per heavy atom. The van der Waals surface area contributed by atoms with Crippen LogP contribution < -0.4 is 10.1 Å². The first-order chi connectivity index (χ1) is 14.6.